The Morgan fingerprint density at radius 1 is 1.07 bits per heavy atom. The zero-order valence-corrected chi connectivity index (χ0v) is 14.8. The molecule has 3 amide bonds. The molecule has 0 unspecified atom stereocenters. The summed E-state index contributed by atoms with van der Waals surface area (Å²) in [5.74, 6) is -0.553. The van der Waals surface area contributed by atoms with Crippen LogP contribution in [0.15, 0.2) is 60.7 Å². The Morgan fingerprint density at radius 3 is 2.37 bits per heavy atom. The van der Waals surface area contributed by atoms with Gasteiger partial charge in [0.15, 0.2) is 0 Å². The van der Waals surface area contributed by atoms with E-state index in [1.54, 1.807) is 6.92 Å². The molecule has 1 aliphatic heterocycles. The third-order valence-electron chi connectivity index (χ3n) is 4.26. The number of rotatable bonds is 5. The Bertz CT molecular complexity index is 810. The van der Waals surface area contributed by atoms with Crippen molar-refractivity contribution >= 4 is 18.1 Å². The number of carbonyl (C=O) groups is 3. The van der Waals surface area contributed by atoms with Crippen molar-refractivity contribution in [3.8, 4) is 0 Å². The van der Waals surface area contributed by atoms with Crippen molar-refractivity contribution in [3.63, 3.8) is 0 Å². The lowest BCUT2D eigenvalue weighted by Crippen LogP contribution is -2.44. The molecule has 1 aliphatic rings. The number of ether oxygens (including phenoxy) is 2. The lowest BCUT2D eigenvalue weighted by atomic mass is 10.0. The van der Waals surface area contributed by atoms with E-state index in [-0.39, 0.29) is 13.2 Å². The smallest absolute Gasteiger partial charge is 0.417 e. The molecule has 0 aromatic heterocycles. The molecule has 1 saturated heterocycles. The van der Waals surface area contributed by atoms with Gasteiger partial charge in [0.1, 0.15) is 19.3 Å². The molecule has 3 rings (SSSR count). The van der Waals surface area contributed by atoms with Gasteiger partial charge < -0.3 is 14.8 Å². The van der Waals surface area contributed by atoms with Crippen LogP contribution >= 0.6 is 0 Å². The van der Waals surface area contributed by atoms with Crippen LogP contribution in [0.3, 0.4) is 0 Å². The highest BCUT2D eigenvalue weighted by Gasteiger charge is 2.43. The van der Waals surface area contributed by atoms with Crippen molar-refractivity contribution in [2.45, 2.75) is 25.7 Å². The van der Waals surface area contributed by atoms with Crippen LogP contribution in [0.5, 0.6) is 0 Å². The lowest BCUT2D eigenvalue weighted by molar-refractivity contribution is -0.128. The Labute approximate surface area is 156 Å². The van der Waals surface area contributed by atoms with Gasteiger partial charge in [-0.15, -0.1) is 0 Å². The summed E-state index contributed by atoms with van der Waals surface area (Å²) in [7, 11) is 0. The van der Waals surface area contributed by atoms with Crippen LogP contribution in [0.4, 0.5) is 9.59 Å². The number of hydrogen-bond acceptors (Lipinski definition) is 5. The van der Waals surface area contributed by atoms with Crippen LogP contribution in [0.25, 0.3) is 0 Å². The van der Waals surface area contributed by atoms with Crippen molar-refractivity contribution in [3.05, 3.63) is 71.8 Å². The molecule has 2 aromatic rings. The summed E-state index contributed by atoms with van der Waals surface area (Å²) in [4.78, 5) is 37.3. The van der Waals surface area contributed by atoms with Crippen LogP contribution in [-0.2, 0) is 20.9 Å². The van der Waals surface area contributed by atoms with E-state index in [0.29, 0.717) is 0 Å². The van der Waals surface area contributed by atoms with Gasteiger partial charge in [0.2, 0.25) is 0 Å². The third kappa shape index (κ3) is 4.44. The van der Waals surface area contributed by atoms with E-state index in [4.69, 9.17) is 9.47 Å². The van der Waals surface area contributed by atoms with E-state index in [9.17, 15) is 14.4 Å². The molecule has 0 bridgehead atoms. The number of cyclic esters (lactones) is 1. The largest absolute Gasteiger partial charge is 0.445 e. The number of nitrogens with zero attached hydrogens (tertiary/aromatic N) is 1. The molecule has 27 heavy (non-hydrogen) atoms. The van der Waals surface area contributed by atoms with E-state index < -0.39 is 30.2 Å². The van der Waals surface area contributed by atoms with Crippen molar-refractivity contribution < 1.29 is 23.9 Å². The van der Waals surface area contributed by atoms with E-state index in [1.807, 2.05) is 60.7 Å². The number of imide groups is 1. The maximum absolute atomic E-state index is 12.4. The second-order valence-electron chi connectivity index (χ2n) is 6.13. The van der Waals surface area contributed by atoms with Gasteiger partial charge in [-0.3, -0.25) is 4.79 Å². The maximum atomic E-state index is 12.4. The summed E-state index contributed by atoms with van der Waals surface area (Å²) in [6.07, 6.45) is -1.99. The molecule has 0 spiro atoms. The van der Waals surface area contributed by atoms with Crippen LogP contribution in [0.1, 0.15) is 24.2 Å². The van der Waals surface area contributed by atoms with Crippen molar-refractivity contribution in [1.82, 2.24) is 10.2 Å². The zero-order valence-electron chi connectivity index (χ0n) is 14.8. The van der Waals surface area contributed by atoms with Gasteiger partial charge in [-0.2, -0.15) is 0 Å². The van der Waals surface area contributed by atoms with Crippen molar-refractivity contribution in [2.75, 3.05) is 6.54 Å². The molecular formula is C20H20N2O5. The minimum absolute atomic E-state index is 0.0963. The molecule has 1 fully saturated rings. The number of carbonyl (C=O) groups excluding carboxylic acids is 3. The fourth-order valence-corrected chi connectivity index (χ4v) is 2.89. The van der Waals surface area contributed by atoms with Gasteiger partial charge in [-0.25, -0.2) is 14.5 Å². The second-order valence-corrected chi connectivity index (χ2v) is 6.13. The zero-order chi connectivity index (χ0) is 19.2. The predicted octanol–water partition coefficient (Wildman–Crippen LogP) is 3.02. The molecule has 2 atom stereocenters. The normalized spacial score (nSPS) is 18.7. The molecule has 1 N–H and O–H groups in total. The molecule has 7 heteroatoms. The monoisotopic (exact) mass is 368 g/mol. The summed E-state index contributed by atoms with van der Waals surface area (Å²) in [6, 6.07) is 17.9. The molecule has 2 aromatic carbocycles. The van der Waals surface area contributed by atoms with Gasteiger partial charge in [-0.1, -0.05) is 60.7 Å². The van der Waals surface area contributed by atoms with Crippen molar-refractivity contribution in [1.29, 1.82) is 0 Å². The topological polar surface area (TPSA) is 84.9 Å². The number of hydrogen-bond donors (Lipinski definition) is 1. The van der Waals surface area contributed by atoms with Crippen LogP contribution in [0.2, 0.25) is 0 Å². The Morgan fingerprint density at radius 2 is 1.70 bits per heavy atom. The lowest BCUT2D eigenvalue weighted by Gasteiger charge is -2.19. The third-order valence-corrected chi connectivity index (χ3v) is 4.26. The number of nitrogens with one attached hydrogen (secondary N) is 1. The molecule has 7 nitrogen and oxygen atoms in total. The number of benzene rings is 2. The standard InChI is InChI=1S/C20H20N2O5/c1-14-18(16-10-6-3-7-11-16)27-20(25)22(14)17(23)12-21-19(24)26-13-15-8-4-2-5-9-15/h2-11,14,18H,12-13H2,1H3,(H,21,24)/t14-,18-/m1/s1. The number of amides is 3. The molecule has 140 valence electrons. The highest BCUT2D eigenvalue weighted by Crippen LogP contribution is 2.32. The first kappa shape index (κ1) is 18.4. The van der Waals surface area contributed by atoms with Crippen LogP contribution in [0, 0.1) is 0 Å². The highest BCUT2D eigenvalue weighted by atomic mass is 16.6. The van der Waals surface area contributed by atoms with E-state index >= 15 is 0 Å². The first-order valence-electron chi connectivity index (χ1n) is 8.58. The number of alkyl carbamates (subject to hydrolysis) is 1. The fraction of sp³-hybridized carbons (Fsp3) is 0.250. The molecule has 1 heterocycles. The minimum atomic E-state index is -0.730. The van der Waals surface area contributed by atoms with Crippen LogP contribution < -0.4 is 5.32 Å². The molecule has 0 aliphatic carbocycles. The van der Waals surface area contributed by atoms with Gasteiger partial charge in [0, 0.05) is 0 Å². The minimum Gasteiger partial charge on any atom is -0.445 e. The van der Waals surface area contributed by atoms with E-state index in [0.717, 1.165) is 16.0 Å². The SMILES string of the molecule is C[C@@H]1[C@H](c2ccccc2)OC(=O)N1C(=O)CNC(=O)OCc1ccccc1. The van der Waals surface area contributed by atoms with Gasteiger partial charge in [0.25, 0.3) is 5.91 Å². The first-order chi connectivity index (χ1) is 13.1. The van der Waals surface area contributed by atoms with Crippen molar-refractivity contribution in [2.24, 2.45) is 0 Å². The predicted molar refractivity (Wildman–Crippen MR) is 96.6 cm³/mol. The van der Waals surface area contributed by atoms with Gasteiger partial charge in [-0.05, 0) is 18.1 Å². The summed E-state index contributed by atoms with van der Waals surface area (Å²) < 4.78 is 10.4. The summed E-state index contributed by atoms with van der Waals surface area (Å²) in [5, 5.41) is 2.37. The molecule has 0 radical (unpaired) electrons. The summed E-state index contributed by atoms with van der Waals surface area (Å²) in [5.41, 5.74) is 1.64. The summed E-state index contributed by atoms with van der Waals surface area (Å²) in [6.45, 7) is 1.47. The molecular weight excluding hydrogens is 348 g/mol. The highest BCUT2D eigenvalue weighted by molar-refractivity contribution is 5.95. The Hall–Kier alpha value is -3.35. The quantitative estimate of drug-likeness (QED) is 0.877. The second kappa shape index (κ2) is 8.35. The van der Waals surface area contributed by atoms with Gasteiger partial charge in [0.05, 0.1) is 6.04 Å². The van der Waals surface area contributed by atoms with E-state index in [2.05, 4.69) is 5.32 Å². The summed E-state index contributed by atoms with van der Waals surface area (Å²) >= 11 is 0. The average Bonchev–Trinajstić information content (AvgIpc) is 3.00. The maximum Gasteiger partial charge on any atom is 0.417 e. The Balaban J connectivity index is 1.51. The average molecular weight is 368 g/mol. The Kier molecular flexibility index (Phi) is 5.71. The van der Waals surface area contributed by atoms with Crippen LogP contribution in [-0.4, -0.2) is 35.6 Å². The first-order valence-corrected chi connectivity index (χ1v) is 8.58. The van der Waals surface area contributed by atoms with Gasteiger partial charge >= 0.3 is 12.2 Å². The fourth-order valence-electron chi connectivity index (χ4n) is 2.89. The molecule has 0 saturated carbocycles. The van der Waals surface area contributed by atoms with E-state index in [1.165, 1.54) is 0 Å².